The van der Waals surface area contributed by atoms with Gasteiger partial charge in [0.25, 0.3) is 0 Å². The van der Waals surface area contributed by atoms with E-state index < -0.39 is 10.8 Å². The van der Waals surface area contributed by atoms with Crippen LogP contribution in [-0.4, -0.2) is 21.1 Å². The number of hydrogen-bond acceptors (Lipinski definition) is 3. The van der Waals surface area contributed by atoms with Gasteiger partial charge in [0.15, 0.2) is 0 Å². The van der Waals surface area contributed by atoms with Crippen LogP contribution in [0.4, 0.5) is 5.69 Å². The smallest absolute Gasteiger partial charge is 0.237 e. The molecule has 5 heteroatoms. The molecule has 0 saturated heterocycles. The number of nitriles is 1. The fourth-order valence-electron chi connectivity index (χ4n) is 1.28. The van der Waals surface area contributed by atoms with Gasteiger partial charge in [-0.3, -0.25) is 9.00 Å². The second-order valence-corrected chi connectivity index (χ2v) is 5.84. The van der Waals surface area contributed by atoms with Gasteiger partial charge in [-0.2, -0.15) is 5.26 Å². The predicted octanol–water partition coefficient (Wildman–Crippen LogP) is 2.04. The lowest BCUT2D eigenvalue weighted by molar-refractivity contribution is -0.113. The van der Waals surface area contributed by atoms with Crippen LogP contribution in [0, 0.1) is 11.3 Å². The second-order valence-electron chi connectivity index (χ2n) is 3.98. The predicted molar refractivity (Wildman–Crippen MR) is 72.5 cm³/mol. The van der Waals surface area contributed by atoms with Crippen molar-refractivity contribution < 1.29 is 9.00 Å². The number of carbonyl (C=O) groups excluding carboxylic acids is 1. The van der Waals surface area contributed by atoms with Crippen LogP contribution < -0.4 is 5.32 Å². The number of rotatable bonds is 5. The summed E-state index contributed by atoms with van der Waals surface area (Å²) in [4.78, 5) is 11.6. The maximum atomic E-state index is 11.7. The number of nitrogens with zero attached hydrogens (tertiary/aromatic N) is 1. The molecule has 0 fully saturated rings. The van der Waals surface area contributed by atoms with E-state index in [2.05, 4.69) is 5.32 Å². The van der Waals surface area contributed by atoms with Gasteiger partial charge >= 0.3 is 0 Å². The van der Waals surface area contributed by atoms with E-state index in [-0.39, 0.29) is 16.9 Å². The zero-order valence-electron chi connectivity index (χ0n) is 10.5. The molecule has 0 bridgehead atoms. The van der Waals surface area contributed by atoms with E-state index in [4.69, 9.17) is 5.26 Å². The number of benzene rings is 1. The van der Waals surface area contributed by atoms with Gasteiger partial charge in [0, 0.05) is 21.7 Å². The first-order valence-electron chi connectivity index (χ1n) is 5.74. The van der Waals surface area contributed by atoms with Crippen molar-refractivity contribution in [1.82, 2.24) is 0 Å². The summed E-state index contributed by atoms with van der Waals surface area (Å²) < 4.78 is 11.7. The molecule has 0 aliphatic heterocycles. The van der Waals surface area contributed by atoms with E-state index in [0.29, 0.717) is 11.3 Å². The summed E-state index contributed by atoms with van der Waals surface area (Å²) >= 11 is 0. The largest absolute Gasteiger partial charge is 0.325 e. The first-order valence-corrected chi connectivity index (χ1v) is 7.12. The third-order valence-electron chi connectivity index (χ3n) is 2.59. The molecule has 18 heavy (non-hydrogen) atoms. The Balaban J connectivity index is 2.54. The van der Waals surface area contributed by atoms with Crippen LogP contribution in [0.5, 0.6) is 0 Å². The van der Waals surface area contributed by atoms with Crippen molar-refractivity contribution in [3.8, 4) is 6.07 Å². The van der Waals surface area contributed by atoms with Crippen molar-refractivity contribution in [3.05, 3.63) is 29.8 Å². The molecule has 2 unspecified atom stereocenters. The zero-order chi connectivity index (χ0) is 13.5. The van der Waals surface area contributed by atoms with Crippen molar-refractivity contribution in [3.63, 3.8) is 0 Å². The lowest BCUT2D eigenvalue weighted by Crippen LogP contribution is -2.24. The fraction of sp³-hybridized carbons (Fsp3) is 0.385. The molecule has 2 atom stereocenters. The SMILES string of the molecule is CCC(C)S(=O)CC(=O)Nc1ccc(C#N)cc1. The van der Waals surface area contributed by atoms with Crippen molar-refractivity contribution >= 4 is 22.4 Å². The molecule has 0 heterocycles. The van der Waals surface area contributed by atoms with E-state index in [9.17, 15) is 9.00 Å². The monoisotopic (exact) mass is 264 g/mol. The van der Waals surface area contributed by atoms with Crippen LogP contribution in [0.3, 0.4) is 0 Å². The van der Waals surface area contributed by atoms with Crippen molar-refractivity contribution in [2.24, 2.45) is 0 Å². The molecule has 1 aromatic carbocycles. The Labute approximate surface area is 109 Å². The van der Waals surface area contributed by atoms with Gasteiger partial charge < -0.3 is 5.32 Å². The van der Waals surface area contributed by atoms with E-state index in [0.717, 1.165) is 6.42 Å². The molecule has 0 saturated carbocycles. The Morgan fingerprint density at radius 2 is 2.06 bits per heavy atom. The Morgan fingerprint density at radius 1 is 1.44 bits per heavy atom. The molecule has 0 aliphatic carbocycles. The highest BCUT2D eigenvalue weighted by Crippen LogP contribution is 2.09. The second kappa shape index (κ2) is 6.92. The van der Waals surface area contributed by atoms with Gasteiger partial charge in [0.2, 0.25) is 5.91 Å². The average molecular weight is 264 g/mol. The standard InChI is InChI=1S/C13H16N2O2S/c1-3-10(2)18(17)9-13(16)15-12-6-4-11(8-14)5-7-12/h4-7,10H,3,9H2,1-2H3,(H,15,16). The van der Waals surface area contributed by atoms with Crippen LogP contribution in [-0.2, 0) is 15.6 Å². The van der Waals surface area contributed by atoms with Gasteiger partial charge in [0.05, 0.1) is 11.6 Å². The highest BCUT2D eigenvalue weighted by Gasteiger charge is 2.13. The Hall–Kier alpha value is -1.67. The molecule has 1 N–H and O–H groups in total. The maximum absolute atomic E-state index is 11.7. The summed E-state index contributed by atoms with van der Waals surface area (Å²) in [5.74, 6) is -0.256. The Morgan fingerprint density at radius 3 is 2.56 bits per heavy atom. The van der Waals surface area contributed by atoms with E-state index in [1.54, 1.807) is 24.3 Å². The molecule has 0 spiro atoms. The van der Waals surface area contributed by atoms with Crippen molar-refractivity contribution in [2.75, 3.05) is 11.1 Å². The summed E-state index contributed by atoms with van der Waals surface area (Å²) in [6, 6.07) is 8.56. The summed E-state index contributed by atoms with van der Waals surface area (Å²) in [6.45, 7) is 3.81. The van der Waals surface area contributed by atoms with Crippen LogP contribution in [0.15, 0.2) is 24.3 Å². The molecular weight excluding hydrogens is 248 g/mol. The molecule has 1 rings (SSSR count). The highest BCUT2D eigenvalue weighted by molar-refractivity contribution is 7.86. The summed E-state index contributed by atoms with van der Waals surface area (Å²) in [5.41, 5.74) is 1.15. The normalized spacial score (nSPS) is 13.4. The lowest BCUT2D eigenvalue weighted by Gasteiger charge is -2.09. The number of hydrogen-bond donors (Lipinski definition) is 1. The fourth-order valence-corrected chi connectivity index (χ4v) is 2.27. The topological polar surface area (TPSA) is 70.0 Å². The summed E-state index contributed by atoms with van der Waals surface area (Å²) in [6.07, 6.45) is 0.788. The molecule has 1 amide bonds. The Kier molecular flexibility index (Phi) is 5.53. The van der Waals surface area contributed by atoms with Crippen LogP contribution in [0.2, 0.25) is 0 Å². The highest BCUT2D eigenvalue weighted by atomic mass is 32.2. The molecular formula is C13H16N2O2S. The van der Waals surface area contributed by atoms with Crippen LogP contribution >= 0.6 is 0 Å². The first-order chi connectivity index (χ1) is 8.56. The first kappa shape index (κ1) is 14.4. The molecule has 4 nitrogen and oxygen atoms in total. The molecule has 0 radical (unpaired) electrons. The van der Waals surface area contributed by atoms with Crippen LogP contribution in [0.1, 0.15) is 25.8 Å². The van der Waals surface area contributed by atoms with Crippen molar-refractivity contribution in [2.45, 2.75) is 25.5 Å². The van der Waals surface area contributed by atoms with E-state index >= 15 is 0 Å². The minimum absolute atomic E-state index is 0.00894. The number of amides is 1. The van der Waals surface area contributed by atoms with E-state index in [1.807, 2.05) is 19.9 Å². The van der Waals surface area contributed by atoms with E-state index in [1.165, 1.54) is 0 Å². The lowest BCUT2D eigenvalue weighted by atomic mass is 10.2. The van der Waals surface area contributed by atoms with Gasteiger partial charge in [0.1, 0.15) is 5.75 Å². The third kappa shape index (κ3) is 4.30. The average Bonchev–Trinajstić information content (AvgIpc) is 2.38. The van der Waals surface area contributed by atoms with Gasteiger partial charge in [-0.05, 0) is 30.7 Å². The molecule has 1 aromatic rings. The summed E-state index contributed by atoms with van der Waals surface area (Å²) in [7, 11) is -1.14. The molecule has 0 aliphatic rings. The number of carbonyl (C=O) groups is 1. The zero-order valence-corrected chi connectivity index (χ0v) is 11.3. The molecule has 0 aromatic heterocycles. The van der Waals surface area contributed by atoms with Gasteiger partial charge in [-0.25, -0.2) is 0 Å². The van der Waals surface area contributed by atoms with Gasteiger partial charge in [-0.1, -0.05) is 13.8 Å². The number of anilines is 1. The van der Waals surface area contributed by atoms with Crippen molar-refractivity contribution in [1.29, 1.82) is 5.26 Å². The third-order valence-corrected chi connectivity index (χ3v) is 4.37. The van der Waals surface area contributed by atoms with Crippen LogP contribution in [0.25, 0.3) is 0 Å². The Bertz CT molecular complexity index is 477. The quantitative estimate of drug-likeness (QED) is 0.884. The minimum Gasteiger partial charge on any atom is -0.325 e. The molecule has 96 valence electrons. The van der Waals surface area contributed by atoms with Gasteiger partial charge in [-0.15, -0.1) is 0 Å². The number of nitrogens with one attached hydrogen (secondary N) is 1. The summed E-state index contributed by atoms with van der Waals surface area (Å²) in [5, 5.41) is 11.3. The minimum atomic E-state index is -1.14. The maximum Gasteiger partial charge on any atom is 0.237 e.